The molecule has 0 aromatic carbocycles. The zero-order valence-electron chi connectivity index (χ0n) is 10.0. The third-order valence-corrected chi connectivity index (χ3v) is 2.93. The Morgan fingerprint density at radius 1 is 1.44 bits per heavy atom. The van der Waals surface area contributed by atoms with Gasteiger partial charge in [-0.3, -0.25) is 4.90 Å². The average molecular weight is 224 g/mol. The van der Waals surface area contributed by atoms with Crippen molar-refractivity contribution in [3.63, 3.8) is 0 Å². The molecule has 2 rings (SSSR count). The van der Waals surface area contributed by atoms with E-state index in [0.29, 0.717) is 6.04 Å². The molecule has 1 aliphatic heterocycles. The summed E-state index contributed by atoms with van der Waals surface area (Å²) in [5.74, 6) is 2.04. The highest BCUT2D eigenvalue weighted by atomic mass is 16.5. The molecule has 1 aliphatic rings. The van der Waals surface area contributed by atoms with Crippen molar-refractivity contribution in [2.75, 3.05) is 26.8 Å². The molecular formula is C12H20N2O2. The van der Waals surface area contributed by atoms with E-state index in [4.69, 9.17) is 9.15 Å². The first-order chi connectivity index (χ1) is 7.79. The number of nitrogens with zero attached hydrogens (tertiary/aromatic N) is 1. The van der Waals surface area contributed by atoms with Crippen molar-refractivity contribution in [1.29, 1.82) is 0 Å². The van der Waals surface area contributed by atoms with E-state index >= 15 is 0 Å². The van der Waals surface area contributed by atoms with Crippen LogP contribution in [-0.2, 0) is 17.8 Å². The minimum absolute atomic E-state index is 0.478. The van der Waals surface area contributed by atoms with Gasteiger partial charge >= 0.3 is 0 Å². The van der Waals surface area contributed by atoms with Crippen LogP contribution >= 0.6 is 0 Å². The van der Waals surface area contributed by atoms with Gasteiger partial charge in [-0.25, -0.2) is 0 Å². The monoisotopic (exact) mass is 224 g/mol. The van der Waals surface area contributed by atoms with Crippen LogP contribution in [0.1, 0.15) is 18.4 Å². The average Bonchev–Trinajstić information content (AvgIpc) is 2.70. The van der Waals surface area contributed by atoms with Crippen molar-refractivity contribution in [1.82, 2.24) is 10.2 Å². The Balaban J connectivity index is 1.91. The van der Waals surface area contributed by atoms with Crippen LogP contribution in [0.25, 0.3) is 0 Å². The summed E-state index contributed by atoms with van der Waals surface area (Å²) in [6, 6.07) is 4.58. The van der Waals surface area contributed by atoms with Crippen molar-refractivity contribution in [3.8, 4) is 0 Å². The van der Waals surface area contributed by atoms with Gasteiger partial charge in [0.2, 0.25) is 0 Å². The second-order valence-electron chi connectivity index (χ2n) is 4.29. The first-order valence-corrected chi connectivity index (χ1v) is 5.83. The van der Waals surface area contributed by atoms with Crippen LogP contribution in [0, 0.1) is 0 Å². The van der Waals surface area contributed by atoms with E-state index in [0.717, 1.165) is 44.4 Å². The summed E-state index contributed by atoms with van der Waals surface area (Å²) in [6.07, 6.45) is 0. The van der Waals surface area contributed by atoms with Crippen molar-refractivity contribution < 1.29 is 9.15 Å². The summed E-state index contributed by atoms with van der Waals surface area (Å²) in [7, 11) is 1.92. The Morgan fingerprint density at radius 3 is 3.00 bits per heavy atom. The van der Waals surface area contributed by atoms with E-state index in [1.807, 2.05) is 13.1 Å². The van der Waals surface area contributed by atoms with E-state index in [-0.39, 0.29) is 0 Å². The summed E-state index contributed by atoms with van der Waals surface area (Å²) in [6.45, 7) is 6.51. The Hall–Kier alpha value is -0.840. The fourth-order valence-electron chi connectivity index (χ4n) is 1.97. The molecule has 1 saturated heterocycles. The zero-order chi connectivity index (χ0) is 11.4. The number of hydrogen-bond donors (Lipinski definition) is 1. The van der Waals surface area contributed by atoms with Crippen LogP contribution in [0.5, 0.6) is 0 Å². The van der Waals surface area contributed by atoms with Gasteiger partial charge < -0.3 is 14.5 Å². The maximum atomic E-state index is 5.73. The van der Waals surface area contributed by atoms with Gasteiger partial charge in [0.1, 0.15) is 11.5 Å². The van der Waals surface area contributed by atoms with Gasteiger partial charge in [-0.1, -0.05) is 0 Å². The molecule has 16 heavy (non-hydrogen) atoms. The minimum Gasteiger partial charge on any atom is -0.463 e. The zero-order valence-corrected chi connectivity index (χ0v) is 10.0. The summed E-state index contributed by atoms with van der Waals surface area (Å²) in [5.41, 5.74) is 0. The third-order valence-electron chi connectivity index (χ3n) is 2.93. The quantitative estimate of drug-likeness (QED) is 0.834. The second-order valence-corrected chi connectivity index (χ2v) is 4.29. The van der Waals surface area contributed by atoms with Crippen LogP contribution in [-0.4, -0.2) is 37.7 Å². The van der Waals surface area contributed by atoms with Gasteiger partial charge in [0.15, 0.2) is 0 Å². The molecule has 1 atom stereocenters. The third kappa shape index (κ3) is 2.84. The normalized spacial score (nSPS) is 22.5. The number of hydrogen-bond acceptors (Lipinski definition) is 4. The molecule has 1 unspecified atom stereocenters. The van der Waals surface area contributed by atoms with Gasteiger partial charge in [0, 0.05) is 12.6 Å². The molecule has 0 saturated carbocycles. The molecule has 4 nitrogen and oxygen atoms in total. The standard InChI is InChI=1S/C12H20N2O2/c1-10-9-15-6-5-14(10)8-12-4-3-11(16-12)7-13-2/h3-4,10,13H,5-9H2,1-2H3. The summed E-state index contributed by atoms with van der Waals surface area (Å²) >= 11 is 0. The minimum atomic E-state index is 0.478. The Morgan fingerprint density at radius 2 is 2.25 bits per heavy atom. The molecule has 0 radical (unpaired) electrons. The first kappa shape index (κ1) is 11.6. The van der Waals surface area contributed by atoms with E-state index < -0.39 is 0 Å². The lowest BCUT2D eigenvalue weighted by atomic mass is 10.2. The van der Waals surface area contributed by atoms with Gasteiger partial charge in [-0.15, -0.1) is 0 Å². The number of furan rings is 1. The molecule has 90 valence electrons. The molecule has 1 aromatic rings. The van der Waals surface area contributed by atoms with Gasteiger partial charge in [-0.2, -0.15) is 0 Å². The molecule has 0 aliphatic carbocycles. The lowest BCUT2D eigenvalue weighted by Gasteiger charge is -2.32. The number of rotatable bonds is 4. The first-order valence-electron chi connectivity index (χ1n) is 5.83. The molecule has 0 amide bonds. The van der Waals surface area contributed by atoms with E-state index in [9.17, 15) is 0 Å². The molecule has 4 heteroatoms. The largest absolute Gasteiger partial charge is 0.463 e. The van der Waals surface area contributed by atoms with Crippen molar-refractivity contribution in [2.24, 2.45) is 0 Å². The molecule has 1 aromatic heterocycles. The van der Waals surface area contributed by atoms with Gasteiger partial charge in [0.05, 0.1) is 26.3 Å². The molecule has 0 spiro atoms. The highest BCUT2D eigenvalue weighted by Crippen LogP contribution is 2.14. The maximum Gasteiger partial charge on any atom is 0.118 e. The van der Waals surface area contributed by atoms with E-state index in [1.54, 1.807) is 0 Å². The lowest BCUT2D eigenvalue weighted by molar-refractivity contribution is -0.00721. The van der Waals surface area contributed by atoms with E-state index in [1.165, 1.54) is 0 Å². The highest BCUT2D eigenvalue weighted by molar-refractivity contribution is 5.07. The number of morpholine rings is 1. The summed E-state index contributed by atoms with van der Waals surface area (Å²) in [5, 5.41) is 3.08. The molecule has 2 heterocycles. The Bertz CT molecular complexity index is 325. The van der Waals surface area contributed by atoms with E-state index in [2.05, 4.69) is 23.2 Å². The summed E-state index contributed by atoms with van der Waals surface area (Å²) in [4.78, 5) is 2.39. The predicted molar refractivity (Wildman–Crippen MR) is 62.2 cm³/mol. The molecular weight excluding hydrogens is 204 g/mol. The van der Waals surface area contributed by atoms with Crippen molar-refractivity contribution >= 4 is 0 Å². The summed E-state index contributed by atoms with van der Waals surface area (Å²) < 4.78 is 11.1. The van der Waals surface area contributed by atoms with Gasteiger partial charge in [-0.05, 0) is 26.1 Å². The Labute approximate surface area is 96.6 Å². The topological polar surface area (TPSA) is 37.6 Å². The smallest absolute Gasteiger partial charge is 0.118 e. The van der Waals surface area contributed by atoms with Gasteiger partial charge in [0.25, 0.3) is 0 Å². The van der Waals surface area contributed by atoms with Crippen LogP contribution in [0.2, 0.25) is 0 Å². The molecule has 1 N–H and O–H groups in total. The van der Waals surface area contributed by atoms with Crippen molar-refractivity contribution in [2.45, 2.75) is 26.1 Å². The molecule has 0 bridgehead atoms. The van der Waals surface area contributed by atoms with Crippen LogP contribution in [0.4, 0.5) is 0 Å². The van der Waals surface area contributed by atoms with Crippen LogP contribution in [0.15, 0.2) is 16.5 Å². The maximum absolute atomic E-state index is 5.73. The second kappa shape index (κ2) is 5.48. The van der Waals surface area contributed by atoms with Crippen LogP contribution in [0.3, 0.4) is 0 Å². The lowest BCUT2D eigenvalue weighted by Crippen LogP contribution is -2.42. The van der Waals surface area contributed by atoms with Crippen LogP contribution < -0.4 is 5.32 Å². The highest BCUT2D eigenvalue weighted by Gasteiger charge is 2.19. The van der Waals surface area contributed by atoms with Crippen molar-refractivity contribution in [3.05, 3.63) is 23.7 Å². The predicted octanol–water partition coefficient (Wildman–Crippen LogP) is 1.22. The molecule has 1 fully saturated rings. The number of nitrogens with one attached hydrogen (secondary N) is 1. The fraction of sp³-hybridized carbons (Fsp3) is 0.667. The Kier molecular flexibility index (Phi) is 3.98. The SMILES string of the molecule is CNCc1ccc(CN2CCOCC2C)o1. The fourth-order valence-corrected chi connectivity index (χ4v) is 1.97. The number of ether oxygens (including phenoxy) is 1.